The molecule has 0 aliphatic heterocycles. The summed E-state index contributed by atoms with van der Waals surface area (Å²) in [7, 11) is 0. The first-order chi connectivity index (χ1) is 10.1. The lowest BCUT2D eigenvalue weighted by molar-refractivity contribution is -0.385. The molecule has 0 heterocycles. The fraction of sp³-hybridized carbons (Fsp3) is 0.500. The van der Waals surface area contributed by atoms with Crippen molar-refractivity contribution in [1.29, 1.82) is 0 Å². The number of nitro benzene ring substituents is 1. The first-order valence-corrected chi connectivity index (χ1v) is 6.87. The molecule has 7 heteroatoms. The van der Waals surface area contributed by atoms with Gasteiger partial charge in [0.2, 0.25) is 0 Å². The molecule has 1 aromatic carbocycles. The van der Waals surface area contributed by atoms with Crippen LogP contribution in [-0.4, -0.2) is 40.0 Å². The third kappa shape index (κ3) is 3.69. The highest BCUT2D eigenvalue weighted by molar-refractivity contribution is 5.78. The van der Waals surface area contributed by atoms with Gasteiger partial charge in [-0.2, -0.15) is 0 Å². The number of nitro groups is 1. The third-order valence-corrected chi connectivity index (χ3v) is 3.40. The molecule has 21 heavy (non-hydrogen) atoms. The Morgan fingerprint density at radius 1 is 1.52 bits per heavy atom. The second kappa shape index (κ2) is 6.53. The summed E-state index contributed by atoms with van der Waals surface area (Å²) in [5, 5.41) is 20.0. The van der Waals surface area contributed by atoms with Crippen LogP contribution in [0.15, 0.2) is 18.2 Å². The minimum atomic E-state index is -0.586. The predicted molar refractivity (Wildman–Crippen MR) is 74.9 cm³/mol. The summed E-state index contributed by atoms with van der Waals surface area (Å²) >= 11 is 0. The molecule has 7 nitrogen and oxygen atoms in total. The van der Waals surface area contributed by atoms with E-state index in [1.807, 2.05) is 6.92 Å². The Morgan fingerprint density at radius 2 is 2.24 bits per heavy atom. The van der Waals surface area contributed by atoms with Crippen molar-refractivity contribution in [2.75, 3.05) is 13.2 Å². The van der Waals surface area contributed by atoms with Crippen LogP contribution in [0.25, 0.3) is 0 Å². The third-order valence-electron chi connectivity index (χ3n) is 3.40. The summed E-state index contributed by atoms with van der Waals surface area (Å²) in [6, 6.07) is 4.48. The maximum Gasteiger partial charge on any atom is 0.311 e. The number of carbonyl (C=O) groups excluding carboxylic acids is 1. The number of benzene rings is 1. The molecular formula is C14H18N2O5. The van der Waals surface area contributed by atoms with Gasteiger partial charge in [0.05, 0.1) is 11.5 Å². The SMILES string of the molecule is CCN(C(=O)COc1ccc(CO)cc1[N+](=O)[O-])C1CC1. The van der Waals surface area contributed by atoms with Gasteiger partial charge in [0.1, 0.15) is 0 Å². The Balaban J connectivity index is 2.05. The molecule has 1 saturated carbocycles. The molecular weight excluding hydrogens is 276 g/mol. The molecule has 0 bridgehead atoms. The van der Waals surface area contributed by atoms with Crippen molar-refractivity contribution in [3.63, 3.8) is 0 Å². The van der Waals surface area contributed by atoms with Crippen LogP contribution in [0.3, 0.4) is 0 Å². The summed E-state index contributed by atoms with van der Waals surface area (Å²) in [6.45, 7) is 2.00. The van der Waals surface area contributed by atoms with Crippen LogP contribution < -0.4 is 4.74 Å². The van der Waals surface area contributed by atoms with Crippen LogP contribution in [0.1, 0.15) is 25.3 Å². The Morgan fingerprint density at radius 3 is 2.76 bits per heavy atom. The molecule has 1 N–H and O–H groups in total. The van der Waals surface area contributed by atoms with Gasteiger partial charge < -0.3 is 14.7 Å². The zero-order valence-corrected chi connectivity index (χ0v) is 11.8. The quantitative estimate of drug-likeness (QED) is 0.607. The minimum absolute atomic E-state index is 0.0393. The predicted octanol–water partition coefficient (Wildman–Crippen LogP) is 1.48. The van der Waals surface area contributed by atoms with Crippen LogP contribution in [0.2, 0.25) is 0 Å². The van der Waals surface area contributed by atoms with Gasteiger partial charge in [-0.25, -0.2) is 0 Å². The first kappa shape index (κ1) is 15.2. The molecule has 1 aromatic rings. The van der Waals surface area contributed by atoms with Crippen LogP contribution in [0, 0.1) is 10.1 Å². The largest absolute Gasteiger partial charge is 0.477 e. The van der Waals surface area contributed by atoms with Gasteiger partial charge in [0, 0.05) is 18.7 Å². The number of hydrogen-bond acceptors (Lipinski definition) is 5. The van der Waals surface area contributed by atoms with Crippen molar-refractivity contribution in [3.05, 3.63) is 33.9 Å². The highest BCUT2D eigenvalue weighted by atomic mass is 16.6. The number of amides is 1. The number of rotatable bonds is 7. The summed E-state index contributed by atoms with van der Waals surface area (Å²) in [6.07, 6.45) is 2.01. The van der Waals surface area contributed by atoms with Crippen molar-refractivity contribution in [2.45, 2.75) is 32.4 Å². The average molecular weight is 294 g/mol. The smallest absolute Gasteiger partial charge is 0.311 e. The number of aliphatic hydroxyl groups excluding tert-OH is 1. The second-order valence-electron chi connectivity index (χ2n) is 4.92. The fourth-order valence-electron chi connectivity index (χ4n) is 2.17. The van der Waals surface area contributed by atoms with Crippen molar-refractivity contribution >= 4 is 11.6 Å². The van der Waals surface area contributed by atoms with Gasteiger partial charge >= 0.3 is 5.69 Å². The summed E-state index contributed by atoms with van der Waals surface area (Å²) in [4.78, 5) is 24.2. The lowest BCUT2D eigenvalue weighted by atomic mass is 10.2. The number of hydrogen-bond donors (Lipinski definition) is 1. The first-order valence-electron chi connectivity index (χ1n) is 6.87. The Bertz CT molecular complexity index is 542. The van der Waals surface area contributed by atoms with E-state index >= 15 is 0 Å². The van der Waals surface area contributed by atoms with E-state index in [1.165, 1.54) is 18.2 Å². The highest BCUT2D eigenvalue weighted by Gasteiger charge is 2.31. The maximum absolute atomic E-state index is 12.0. The van der Waals surface area contributed by atoms with E-state index in [2.05, 4.69) is 0 Å². The number of nitrogens with zero attached hydrogens (tertiary/aromatic N) is 2. The van der Waals surface area contributed by atoms with Crippen molar-refractivity contribution < 1.29 is 19.6 Å². The van der Waals surface area contributed by atoms with Crippen LogP contribution in [0.5, 0.6) is 5.75 Å². The molecule has 1 aliphatic rings. The molecule has 0 saturated heterocycles. The van der Waals surface area contributed by atoms with E-state index in [1.54, 1.807) is 4.90 Å². The van der Waals surface area contributed by atoms with Crippen molar-refractivity contribution in [3.8, 4) is 5.75 Å². The Labute approximate surface area is 122 Å². The van der Waals surface area contributed by atoms with Crippen molar-refractivity contribution in [2.24, 2.45) is 0 Å². The van der Waals surface area contributed by atoms with Crippen LogP contribution >= 0.6 is 0 Å². The monoisotopic (exact) mass is 294 g/mol. The molecule has 1 amide bonds. The zero-order chi connectivity index (χ0) is 15.4. The topological polar surface area (TPSA) is 92.9 Å². The summed E-state index contributed by atoms with van der Waals surface area (Å²) < 4.78 is 5.31. The summed E-state index contributed by atoms with van der Waals surface area (Å²) in [5.74, 6) is -0.127. The molecule has 2 rings (SSSR count). The van der Waals surface area contributed by atoms with E-state index in [4.69, 9.17) is 9.84 Å². The average Bonchev–Trinajstić information content (AvgIpc) is 3.30. The molecule has 114 valence electrons. The number of carbonyl (C=O) groups is 1. The molecule has 1 fully saturated rings. The van der Waals surface area contributed by atoms with Gasteiger partial charge in [0.25, 0.3) is 5.91 Å². The number of ether oxygens (including phenoxy) is 1. The highest BCUT2D eigenvalue weighted by Crippen LogP contribution is 2.29. The number of likely N-dealkylation sites (N-methyl/N-ethyl adjacent to an activating group) is 1. The standard InChI is InChI=1S/C14H18N2O5/c1-2-15(11-4-5-11)14(18)9-21-13-6-3-10(8-17)7-12(13)16(19)20/h3,6-7,11,17H,2,4-5,8-9H2,1H3. The molecule has 0 aromatic heterocycles. The number of aliphatic hydroxyl groups is 1. The molecule has 1 aliphatic carbocycles. The fourth-order valence-corrected chi connectivity index (χ4v) is 2.17. The maximum atomic E-state index is 12.0. The Hall–Kier alpha value is -2.15. The molecule has 0 atom stereocenters. The van der Waals surface area contributed by atoms with Gasteiger partial charge in [-0.1, -0.05) is 6.07 Å². The van der Waals surface area contributed by atoms with E-state index in [9.17, 15) is 14.9 Å². The van der Waals surface area contributed by atoms with Gasteiger partial charge in [0.15, 0.2) is 12.4 Å². The van der Waals surface area contributed by atoms with Crippen molar-refractivity contribution in [1.82, 2.24) is 4.90 Å². The second-order valence-corrected chi connectivity index (χ2v) is 4.92. The van der Waals surface area contributed by atoms with Crippen LogP contribution in [0.4, 0.5) is 5.69 Å². The zero-order valence-electron chi connectivity index (χ0n) is 11.8. The molecule has 0 radical (unpaired) electrons. The lowest BCUT2D eigenvalue weighted by Gasteiger charge is -2.20. The van der Waals surface area contributed by atoms with Crippen LogP contribution in [-0.2, 0) is 11.4 Å². The van der Waals surface area contributed by atoms with Gasteiger partial charge in [-0.05, 0) is 31.4 Å². The lowest BCUT2D eigenvalue weighted by Crippen LogP contribution is -2.36. The van der Waals surface area contributed by atoms with E-state index in [-0.39, 0.29) is 36.6 Å². The van der Waals surface area contributed by atoms with E-state index in [0.717, 1.165) is 12.8 Å². The molecule has 0 spiro atoms. The molecule has 0 unspecified atom stereocenters. The summed E-state index contributed by atoms with van der Waals surface area (Å²) in [5.41, 5.74) is 0.178. The van der Waals surface area contributed by atoms with Gasteiger partial charge in [-0.3, -0.25) is 14.9 Å². The minimum Gasteiger partial charge on any atom is -0.477 e. The van der Waals surface area contributed by atoms with E-state index < -0.39 is 4.92 Å². The Kier molecular flexibility index (Phi) is 4.74. The van der Waals surface area contributed by atoms with E-state index in [0.29, 0.717) is 12.1 Å². The van der Waals surface area contributed by atoms with Gasteiger partial charge in [-0.15, -0.1) is 0 Å². The normalized spacial score (nSPS) is 13.8.